The monoisotopic (exact) mass is 333 g/mol. The summed E-state index contributed by atoms with van der Waals surface area (Å²) in [7, 11) is 1.42. The third kappa shape index (κ3) is 5.10. The quantitative estimate of drug-likeness (QED) is 0.812. The molecule has 5 nitrogen and oxygen atoms in total. The van der Waals surface area contributed by atoms with Crippen LogP contribution in [-0.4, -0.2) is 31.6 Å². The van der Waals surface area contributed by atoms with Gasteiger partial charge in [0.2, 0.25) is 0 Å². The van der Waals surface area contributed by atoms with Gasteiger partial charge in [0, 0.05) is 6.04 Å². The van der Waals surface area contributed by atoms with Crippen molar-refractivity contribution in [3.05, 3.63) is 27.7 Å². The average Bonchev–Trinajstić information content (AvgIpc) is 2.44. The number of rotatable bonds is 6. The molecule has 0 saturated heterocycles. The summed E-state index contributed by atoms with van der Waals surface area (Å²) < 4.78 is 9.89. The van der Waals surface area contributed by atoms with Crippen LogP contribution in [0.1, 0.15) is 30.6 Å². The lowest BCUT2D eigenvalue weighted by molar-refractivity contribution is -0.124. The van der Waals surface area contributed by atoms with Crippen LogP contribution < -0.4 is 10.1 Å². The molecule has 0 radical (unpaired) electrons. The molecular formula is C14H17Cl2NO4. The van der Waals surface area contributed by atoms with Crippen LogP contribution in [0.25, 0.3) is 0 Å². The minimum absolute atomic E-state index is 0.0288. The fourth-order valence-corrected chi connectivity index (χ4v) is 2.15. The summed E-state index contributed by atoms with van der Waals surface area (Å²) in [6, 6.07) is 2.78. The summed E-state index contributed by atoms with van der Waals surface area (Å²) in [6.07, 6.45) is 0.795. The van der Waals surface area contributed by atoms with Gasteiger partial charge in [-0.1, -0.05) is 30.1 Å². The first-order valence-corrected chi connectivity index (χ1v) is 7.14. The number of hydrogen-bond donors (Lipinski definition) is 1. The Morgan fingerprint density at radius 1 is 1.29 bits per heavy atom. The fourth-order valence-electron chi connectivity index (χ4n) is 1.51. The maximum Gasteiger partial charge on any atom is 0.338 e. The molecule has 1 rings (SSSR count). The SMILES string of the molecule is CC[C@@H](C)NC(=O)COC(=O)c1cc(Cl)c(OC)c(Cl)c1. The van der Waals surface area contributed by atoms with Gasteiger partial charge in [-0.2, -0.15) is 0 Å². The Kier molecular flexibility index (Phi) is 6.78. The Morgan fingerprint density at radius 3 is 2.33 bits per heavy atom. The van der Waals surface area contributed by atoms with E-state index in [-0.39, 0.29) is 39.9 Å². The molecular weight excluding hydrogens is 317 g/mol. The van der Waals surface area contributed by atoms with Crippen LogP contribution in [0.15, 0.2) is 12.1 Å². The highest BCUT2D eigenvalue weighted by Crippen LogP contribution is 2.33. The van der Waals surface area contributed by atoms with Gasteiger partial charge in [0.25, 0.3) is 5.91 Å². The second-order valence-corrected chi connectivity index (χ2v) is 5.24. The molecule has 0 spiro atoms. The molecule has 0 aliphatic carbocycles. The van der Waals surface area contributed by atoms with Crippen LogP contribution in [-0.2, 0) is 9.53 Å². The largest absolute Gasteiger partial charge is 0.494 e. The maximum absolute atomic E-state index is 11.8. The van der Waals surface area contributed by atoms with Crippen molar-refractivity contribution in [3.8, 4) is 5.75 Å². The minimum Gasteiger partial charge on any atom is -0.494 e. The number of methoxy groups -OCH3 is 1. The van der Waals surface area contributed by atoms with Crippen LogP contribution >= 0.6 is 23.2 Å². The molecule has 0 aliphatic heterocycles. The van der Waals surface area contributed by atoms with Gasteiger partial charge in [-0.05, 0) is 25.5 Å². The van der Waals surface area contributed by atoms with Crippen molar-refractivity contribution >= 4 is 35.1 Å². The first kappa shape index (κ1) is 17.6. The van der Waals surface area contributed by atoms with Crippen LogP contribution in [0.3, 0.4) is 0 Å². The van der Waals surface area contributed by atoms with Crippen molar-refractivity contribution in [2.45, 2.75) is 26.3 Å². The lowest BCUT2D eigenvalue weighted by Gasteiger charge is -2.12. The van der Waals surface area contributed by atoms with Crippen molar-refractivity contribution in [1.82, 2.24) is 5.32 Å². The van der Waals surface area contributed by atoms with E-state index < -0.39 is 5.97 Å². The first-order chi connectivity index (χ1) is 9.88. The lowest BCUT2D eigenvalue weighted by atomic mass is 10.2. The van der Waals surface area contributed by atoms with Crippen molar-refractivity contribution < 1.29 is 19.1 Å². The Morgan fingerprint density at radius 2 is 1.86 bits per heavy atom. The summed E-state index contributed by atoms with van der Waals surface area (Å²) in [5.41, 5.74) is 0.155. The molecule has 7 heteroatoms. The van der Waals surface area contributed by atoms with Crippen LogP contribution in [0.5, 0.6) is 5.75 Å². The van der Waals surface area contributed by atoms with E-state index in [2.05, 4.69) is 5.32 Å². The predicted molar refractivity (Wildman–Crippen MR) is 81.2 cm³/mol. The molecule has 0 saturated carbocycles. The van der Waals surface area contributed by atoms with E-state index in [4.69, 9.17) is 32.7 Å². The molecule has 116 valence electrons. The molecule has 21 heavy (non-hydrogen) atoms. The van der Waals surface area contributed by atoms with Crippen molar-refractivity contribution in [2.24, 2.45) is 0 Å². The Bertz CT molecular complexity index is 511. The van der Waals surface area contributed by atoms with Crippen molar-refractivity contribution in [2.75, 3.05) is 13.7 Å². The van der Waals surface area contributed by atoms with Crippen LogP contribution in [0.4, 0.5) is 0 Å². The number of amides is 1. The molecule has 1 atom stereocenters. The van der Waals surface area contributed by atoms with E-state index in [0.717, 1.165) is 6.42 Å². The van der Waals surface area contributed by atoms with Gasteiger partial charge < -0.3 is 14.8 Å². The number of benzene rings is 1. The van der Waals surface area contributed by atoms with E-state index >= 15 is 0 Å². The number of hydrogen-bond acceptors (Lipinski definition) is 4. The van der Waals surface area contributed by atoms with Crippen molar-refractivity contribution in [3.63, 3.8) is 0 Å². The van der Waals surface area contributed by atoms with E-state index in [0.29, 0.717) is 0 Å². The highest BCUT2D eigenvalue weighted by Gasteiger charge is 2.16. The molecule has 1 aromatic rings. The number of halogens is 2. The summed E-state index contributed by atoms with van der Waals surface area (Å²) in [5.74, 6) is -0.756. The highest BCUT2D eigenvalue weighted by atomic mass is 35.5. The molecule has 0 aliphatic rings. The number of carbonyl (C=O) groups is 2. The van der Waals surface area contributed by atoms with E-state index in [9.17, 15) is 9.59 Å². The molecule has 1 aromatic carbocycles. The number of carbonyl (C=O) groups excluding carboxylic acids is 2. The molecule has 1 N–H and O–H groups in total. The molecule has 1 amide bonds. The Labute approximate surface area is 133 Å². The van der Waals surface area contributed by atoms with Gasteiger partial charge in [0.1, 0.15) is 0 Å². The van der Waals surface area contributed by atoms with Crippen LogP contribution in [0, 0.1) is 0 Å². The summed E-state index contributed by atoms with van der Waals surface area (Å²) in [5, 5.41) is 3.08. The normalized spacial score (nSPS) is 11.7. The third-order valence-electron chi connectivity index (χ3n) is 2.79. The fraction of sp³-hybridized carbons (Fsp3) is 0.429. The van der Waals surface area contributed by atoms with E-state index in [1.54, 1.807) is 0 Å². The molecule has 0 fully saturated rings. The lowest BCUT2D eigenvalue weighted by Crippen LogP contribution is -2.35. The van der Waals surface area contributed by atoms with Gasteiger partial charge in [-0.25, -0.2) is 4.79 Å². The molecule has 0 unspecified atom stereocenters. The summed E-state index contributed by atoms with van der Waals surface area (Å²) in [4.78, 5) is 23.4. The topological polar surface area (TPSA) is 64.6 Å². The number of esters is 1. The van der Waals surface area contributed by atoms with Gasteiger partial charge in [-0.3, -0.25) is 4.79 Å². The van der Waals surface area contributed by atoms with Gasteiger partial charge in [0.05, 0.1) is 22.7 Å². The predicted octanol–water partition coefficient (Wildman–Crippen LogP) is 3.07. The van der Waals surface area contributed by atoms with Gasteiger partial charge in [0.15, 0.2) is 12.4 Å². The number of nitrogens with one attached hydrogen (secondary N) is 1. The summed E-state index contributed by atoms with van der Waals surface area (Å²) in [6.45, 7) is 3.45. The van der Waals surface area contributed by atoms with Crippen molar-refractivity contribution in [1.29, 1.82) is 0 Å². The zero-order valence-corrected chi connectivity index (χ0v) is 13.5. The smallest absolute Gasteiger partial charge is 0.338 e. The Hall–Kier alpha value is -1.46. The first-order valence-electron chi connectivity index (χ1n) is 6.38. The molecule has 0 bridgehead atoms. The zero-order chi connectivity index (χ0) is 16.0. The highest BCUT2D eigenvalue weighted by molar-refractivity contribution is 6.37. The average molecular weight is 334 g/mol. The Balaban J connectivity index is 2.66. The summed E-state index contributed by atoms with van der Waals surface area (Å²) >= 11 is 11.9. The minimum atomic E-state index is -0.680. The van der Waals surface area contributed by atoms with Gasteiger partial charge in [-0.15, -0.1) is 0 Å². The second kappa shape index (κ2) is 8.10. The third-order valence-corrected chi connectivity index (χ3v) is 3.35. The van der Waals surface area contributed by atoms with E-state index in [1.807, 2.05) is 13.8 Å². The second-order valence-electron chi connectivity index (χ2n) is 4.43. The maximum atomic E-state index is 11.8. The zero-order valence-electron chi connectivity index (χ0n) is 12.0. The van der Waals surface area contributed by atoms with Crippen LogP contribution in [0.2, 0.25) is 10.0 Å². The van der Waals surface area contributed by atoms with Gasteiger partial charge >= 0.3 is 5.97 Å². The number of ether oxygens (including phenoxy) is 2. The molecule has 0 heterocycles. The standard InChI is InChI=1S/C14H17Cl2NO4/c1-4-8(2)17-12(18)7-21-14(19)9-5-10(15)13(20-3)11(16)6-9/h5-6,8H,4,7H2,1-3H3,(H,17,18)/t8-/m1/s1. The van der Waals surface area contributed by atoms with E-state index in [1.165, 1.54) is 19.2 Å². The molecule has 0 aromatic heterocycles.